The van der Waals surface area contributed by atoms with E-state index in [1.807, 2.05) is 6.92 Å². The number of aryl methyl sites for hydroxylation is 1. The van der Waals surface area contributed by atoms with Gasteiger partial charge in [0.15, 0.2) is 11.6 Å². The van der Waals surface area contributed by atoms with Crippen LogP contribution < -0.4 is 5.32 Å². The van der Waals surface area contributed by atoms with E-state index in [1.165, 1.54) is 31.2 Å². The van der Waals surface area contributed by atoms with Gasteiger partial charge in [0.1, 0.15) is 5.82 Å². The average Bonchev–Trinajstić information content (AvgIpc) is 2.46. The van der Waals surface area contributed by atoms with Gasteiger partial charge in [0.25, 0.3) is 0 Å². The van der Waals surface area contributed by atoms with E-state index in [0.717, 1.165) is 18.5 Å². The Morgan fingerprint density at radius 1 is 0.952 bits per heavy atom. The molecule has 0 aliphatic carbocycles. The summed E-state index contributed by atoms with van der Waals surface area (Å²) in [6.07, 6.45) is 0.994. The van der Waals surface area contributed by atoms with Gasteiger partial charge in [0, 0.05) is 17.7 Å². The molecule has 0 amide bonds. The highest BCUT2D eigenvalue weighted by Crippen LogP contribution is 2.28. The van der Waals surface area contributed by atoms with Crippen molar-refractivity contribution in [1.29, 1.82) is 0 Å². The Labute approximate surface area is 122 Å². The second kappa shape index (κ2) is 6.76. The summed E-state index contributed by atoms with van der Waals surface area (Å²) in [5.74, 6) is -2.49. The first kappa shape index (κ1) is 15.6. The molecular formula is C17H18F3N. The van der Waals surface area contributed by atoms with Gasteiger partial charge in [-0.1, -0.05) is 31.2 Å². The molecule has 2 aromatic carbocycles. The van der Waals surface area contributed by atoms with Gasteiger partial charge in [-0.2, -0.15) is 0 Å². The number of rotatable bonds is 5. The van der Waals surface area contributed by atoms with Crippen LogP contribution in [0, 0.1) is 24.4 Å². The van der Waals surface area contributed by atoms with E-state index in [0.29, 0.717) is 6.54 Å². The molecule has 0 saturated heterocycles. The Morgan fingerprint density at radius 3 is 2.33 bits per heavy atom. The molecule has 0 spiro atoms. The minimum absolute atomic E-state index is 0.0522. The minimum Gasteiger partial charge on any atom is -0.313 e. The second-order valence-electron chi connectivity index (χ2n) is 5.05. The quantitative estimate of drug-likeness (QED) is 0.796. The summed E-state index contributed by atoms with van der Waals surface area (Å²) in [5, 5.41) is 3.17. The zero-order valence-electron chi connectivity index (χ0n) is 12.1. The lowest BCUT2D eigenvalue weighted by Gasteiger charge is -2.09. The van der Waals surface area contributed by atoms with Crippen molar-refractivity contribution >= 4 is 0 Å². The third kappa shape index (κ3) is 3.45. The van der Waals surface area contributed by atoms with Crippen molar-refractivity contribution in [2.75, 3.05) is 6.54 Å². The molecular weight excluding hydrogens is 275 g/mol. The Hall–Kier alpha value is -1.81. The second-order valence-corrected chi connectivity index (χ2v) is 5.05. The molecule has 0 aromatic heterocycles. The lowest BCUT2D eigenvalue weighted by molar-refractivity contribution is 0.504. The Bertz CT molecular complexity index is 638. The maximum atomic E-state index is 14.1. The first-order valence-corrected chi connectivity index (χ1v) is 6.98. The standard InChI is InChI=1S/C17H18F3N/c1-3-8-21-10-12-5-7-13(15(18)9-12)14-6-4-11(2)16(19)17(14)20/h4-7,9,21H,3,8,10H2,1-2H3. The highest BCUT2D eigenvalue weighted by molar-refractivity contribution is 5.65. The first-order valence-electron chi connectivity index (χ1n) is 6.98. The average molecular weight is 293 g/mol. The summed E-state index contributed by atoms with van der Waals surface area (Å²) in [5.41, 5.74) is 1.00. The highest BCUT2D eigenvalue weighted by atomic mass is 19.2. The van der Waals surface area contributed by atoms with Crippen LogP contribution in [0.25, 0.3) is 11.1 Å². The van der Waals surface area contributed by atoms with Crippen LogP contribution in [0.1, 0.15) is 24.5 Å². The SMILES string of the molecule is CCCNCc1ccc(-c2ccc(C)c(F)c2F)c(F)c1. The van der Waals surface area contributed by atoms with Gasteiger partial charge in [-0.15, -0.1) is 0 Å². The molecule has 0 atom stereocenters. The maximum Gasteiger partial charge on any atom is 0.167 e. The van der Waals surface area contributed by atoms with E-state index in [2.05, 4.69) is 5.32 Å². The van der Waals surface area contributed by atoms with E-state index < -0.39 is 17.5 Å². The van der Waals surface area contributed by atoms with Crippen molar-refractivity contribution in [3.63, 3.8) is 0 Å². The molecule has 0 saturated carbocycles. The van der Waals surface area contributed by atoms with Gasteiger partial charge in [-0.3, -0.25) is 0 Å². The van der Waals surface area contributed by atoms with Gasteiger partial charge in [0.05, 0.1) is 0 Å². The third-order valence-electron chi connectivity index (χ3n) is 3.35. The summed E-state index contributed by atoms with van der Waals surface area (Å²) in [6.45, 7) is 4.92. The van der Waals surface area contributed by atoms with Crippen LogP contribution in [0.5, 0.6) is 0 Å². The summed E-state index contributed by atoms with van der Waals surface area (Å²) in [4.78, 5) is 0. The summed E-state index contributed by atoms with van der Waals surface area (Å²) in [7, 11) is 0. The molecule has 0 fully saturated rings. The Morgan fingerprint density at radius 2 is 1.67 bits per heavy atom. The number of nitrogens with one attached hydrogen (secondary N) is 1. The van der Waals surface area contributed by atoms with Crippen LogP contribution >= 0.6 is 0 Å². The molecule has 21 heavy (non-hydrogen) atoms. The maximum absolute atomic E-state index is 14.1. The fourth-order valence-electron chi connectivity index (χ4n) is 2.15. The van der Waals surface area contributed by atoms with E-state index in [4.69, 9.17) is 0 Å². The van der Waals surface area contributed by atoms with Gasteiger partial charge < -0.3 is 5.32 Å². The number of hydrogen-bond donors (Lipinski definition) is 1. The lowest BCUT2D eigenvalue weighted by Crippen LogP contribution is -2.13. The normalized spacial score (nSPS) is 10.9. The number of hydrogen-bond acceptors (Lipinski definition) is 1. The van der Waals surface area contributed by atoms with Crippen molar-refractivity contribution in [2.45, 2.75) is 26.8 Å². The predicted molar refractivity (Wildman–Crippen MR) is 78.5 cm³/mol. The minimum atomic E-state index is -1.01. The molecule has 0 unspecified atom stereocenters. The molecule has 1 N–H and O–H groups in total. The number of halogens is 3. The molecule has 0 heterocycles. The molecule has 0 aliphatic heterocycles. The molecule has 2 aromatic rings. The molecule has 0 bridgehead atoms. The highest BCUT2D eigenvalue weighted by Gasteiger charge is 2.15. The van der Waals surface area contributed by atoms with Crippen molar-refractivity contribution < 1.29 is 13.2 Å². The molecule has 2 rings (SSSR count). The van der Waals surface area contributed by atoms with Gasteiger partial charge in [0.2, 0.25) is 0 Å². The van der Waals surface area contributed by atoms with E-state index in [1.54, 1.807) is 6.07 Å². The summed E-state index contributed by atoms with van der Waals surface area (Å²) in [6, 6.07) is 7.42. The summed E-state index contributed by atoms with van der Waals surface area (Å²) < 4.78 is 41.6. The van der Waals surface area contributed by atoms with E-state index in [-0.39, 0.29) is 16.7 Å². The fourth-order valence-corrected chi connectivity index (χ4v) is 2.15. The third-order valence-corrected chi connectivity index (χ3v) is 3.35. The molecule has 112 valence electrons. The van der Waals surface area contributed by atoms with Crippen LogP contribution in [0.15, 0.2) is 30.3 Å². The fraction of sp³-hybridized carbons (Fsp3) is 0.294. The number of benzene rings is 2. The van der Waals surface area contributed by atoms with Gasteiger partial charge in [-0.25, -0.2) is 13.2 Å². The van der Waals surface area contributed by atoms with Crippen LogP contribution in [0.2, 0.25) is 0 Å². The van der Waals surface area contributed by atoms with Crippen LogP contribution in [-0.2, 0) is 6.54 Å². The van der Waals surface area contributed by atoms with Crippen LogP contribution in [-0.4, -0.2) is 6.54 Å². The smallest absolute Gasteiger partial charge is 0.167 e. The van der Waals surface area contributed by atoms with Crippen LogP contribution in [0.4, 0.5) is 13.2 Å². The van der Waals surface area contributed by atoms with Crippen molar-refractivity contribution in [3.8, 4) is 11.1 Å². The first-order chi connectivity index (χ1) is 10.0. The Balaban J connectivity index is 2.31. The monoisotopic (exact) mass is 293 g/mol. The van der Waals surface area contributed by atoms with E-state index in [9.17, 15) is 13.2 Å². The zero-order chi connectivity index (χ0) is 15.4. The molecule has 0 radical (unpaired) electrons. The van der Waals surface area contributed by atoms with E-state index >= 15 is 0 Å². The van der Waals surface area contributed by atoms with Crippen LogP contribution in [0.3, 0.4) is 0 Å². The Kier molecular flexibility index (Phi) is 5.02. The lowest BCUT2D eigenvalue weighted by atomic mass is 10.0. The topological polar surface area (TPSA) is 12.0 Å². The summed E-state index contributed by atoms with van der Waals surface area (Å²) >= 11 is 0. The molecule has 4 heteroatoms. The molecule has 1 nitrogen and oxygen atoms in total. The zero-order valence-corrected chi connectivity index (χ0v) is 12.1. The van der Waals surface area contributed by atoms with Crippen molar-refractivity contribution in [1.82, 2.24) is 5.32 Å². The van der Waals surface area contributed by atoms with Gasteiger partial charge >= 0.3 is 0 Å². The van der Waals surface area contributed by atoms with Gasteiger partial charge in [-0.05, 0) is 37.1 Å². The van der Waals surface area contributed by atoms with Crippen molar-refractivity contribution in [3.05, 3.63) is 58.9 Å². The molecule has 0 aliphatic rings. The largest absolute Gasteiger partial charge is 0.313 e. The predicted octanol–water partition coefficient (Wildman–Crippen LogP) is 4.58. The van der Waals surface area contributed by atoms with Crippen molar-refractivity contribution in [2.24, 2.45) is 0 Å².